The molecule has 2 aromatic carbocycles. The van der Waals surface area contributed by atoms with Crippen molar-refractivity contribution in [2.75, 3.05) is 7.11 Å². The predicted octanol–water partition coefficient (Wildman–Crippen LogP) is 4.12. The molecule has 0 unspecified atom stereocenters. The van der Waals surface area contributed by atoms with Crippen molar-refractivity contribution in [3.8, 4) is 16.9 Å². The number of ether oxygens (including phenoxy) is 1. The summed E-state index contributed by atoms with van der Waals surface area (Å²) in [5.41, 5.74) is 2.32. The molecule has 0 radical (unpaired) electrons. The second kappa shape index (κ2) is 8.35. The van der Waals surface area contributed by atoms with Gasteiger partial charge in [-0.1, -0.05) is 43.3 Å². The molecule has 160 valence electrons. The van der Waals surface area contributed by atoms with Crippen LogP contribution in [0.15, 0.2) is 63.9 Å². The van der Waals surface area contributed by atoms with Crippen LogP contribution in [0.25, 0.3) is 22.1 Å². The van der Waals surface area contributed by atoms with Gasteiger partial charge >= 0.3 is 5.63 Å². The summed E-state index contributed by atoms with van der Waals surface area (Å²) in [5.74, 6) is 0.753. The highest BCUT2D eigenvalue weighted by atomic mass is 16.5. The number of nitrogens with zero attached hydrogens (tertiary/aromatic N) is 3. The van der Waals surface area contributed by atoms with E-state index in [1.807, 2.05) is 56.3 Å². The van der Waals surface area contributed by atoms with Crippen molar-refractivity contribution < 1.29 is 14.3 Å². The van der Waals surface area contributed by atoms with Crippen LogP contribution >= 0.6 is 0 Å². The van der Waals surface area contributed by atoms with Crippen LogP contribution < -0.4 is 10.4 Å². The molecule has 0 saturated carbocycles. The highest BCUT2D eigenvalue weighted by Crippen LogP contribution is 2.30. The number of methoxy groups -OCH3 is 1. The number of hydrogen-bond acceptors (Lipinski definition) is 6. The average Bonchev–Trinajstić information content (AvgIpc) is 3.27. The summed E-state index contributed by atoms with van der Waals surface area (Å²) in [6.07, 6.45) is 2.90. The van der Waals surface area contributed by atoms with E-state index < -0.39 is 11.2 Å². The van der Waals surface area contributed by atoms with E-state index in [-0.39, 0.29) is 0 Å². The Hall–Kier alpha value is -3.45. The molecule has 2 heterocycles. The third-order valence-corrected chi connectivity index (χ3v) is 5.74. The zero-order valence-corrected chi connectivity index (χ0v) is 17.8. The summed E-state index contributed by atoms with van der Waals surface area (Å²) in [6.45, 7) is 4.30. The Morgan fingerprint density at radius 3 is 2.52 bits per heavy atom. The Morgan fingerprint density at radius 1 is 1.10 bits per heavy atom. The first-order chi connectivity index (χ1) is 15.0. The molecule has 1 N–H and O–H groups in total. The van der Waals surface area contributed by atoms with Crippen LogP contribution in [0.3, 0.4) is 0 Å². The van der Waals surface area contributed by atoms with Crippen LogP contribution in [0.4, 0.5) is 0 Å². The quantitative estimate of drug-likeness (QED) is 0.453. The fourth-order valence-corrected chi connectivity index (χ4v) is 3.70. The second-order valence-electron chi connectivity index (χ2n) is 7.58. The number of aliphatic hydroxyl groups is 1. The number of fused-ring (bicyclic) bond motifs is 1. The molecule has 7 nitrogen and oxygen atoms in total. The van der Waals surface area contributed by atoms with Crippen LogP contribution in [0.1, 0.15) is 37.9 Å². The Bertz CT molecular complexity index is 1250. The van der Waals surface area contributed by atoms with E-state index in [1.165, 1.54) is 6.07 Å². The van der Waals surface area contributed by atoms with Gasteiger partial charge in [0, 0.05) is 11.5 Å². The predicted molar refractivity (Wildman–Crippen MR) is 118 cm³/mol. The van der Waals surface area contributed by atoms with E-state index in [1.54, 1.807) is 18.0 Å². The van der Waals surface area contributed by atoms with Gasteiger partial charge in [0.05, 0.1) is 19.9 Å². The summed E-state index contributed by atoms with van der Waals surface area (Å²) in [6, 6.07) is 14.8. The van der Waals surface area contributed by atoms with Crippen LogP contribution in [0.5, 0.6) is 5.75 Å². The number of hydrogen-bond donors (Lipinski definition) is 1. The number of aromatic nitrogens is 3. The highest BCUT2D eigenvalue weighted by Gasteiger charge is 2.28. The van der Waals surface area contributed by atoms with E-state index in [0.717, 1.165) is 27.8 Å². The van der Waals surface area contributed by atoms with Crippen LogP contribution in [0.2, 0.25) is 0 Å². The lowest BCUT2D eigenvalue weighted by molar-refractivity contribution is 0.0239. The smallest absolute Gasteiger partial charge is 0.336 e. The van der Waals surface area contributed by atoms with Gasteiger partial charge in [-0.25, -0.2) is 9.48 Å². The first-order valence-corrected chi connectivity index (χ1v) is 10.3. The molecular formula is C24H25N3O4. The number of benzene rings is 2. The summed E-state index contributed by atoms with van der Waals surface area (Å²) in [5, 5.41) is 19.8. The van der Waals surface area contributed by atoms with Gasteiger partial charge in [0.1, 0.15) is 22.6 Å². The van der Waals surface area contributed by atoms with Crippen molar-refractivity contribution in [1.29, 1.82) is 0 Å². The average molecular weight is 419 g/mol. The van der Waals surface area contributed by atoms with Gasteiger partial charge in [-0.05, 0) is 47.7 Å². The summed E-state index contributed by atoms with van der Waals surface area (Å²) in [7, 11) is 1.62. The summed E-state index contributed by atoms with van der Waals surface area (Å²) >= 11 is 0. The second-order valence-corrected chi connectivity index (χ2v) is 7.58. The SMILES string of the molecule is CCC(O)(CC)c1cn(Cc2ccc3c(-c4ccc(OC)cc4)cc(=O)oc3c2)nn1. The van der Waals surface area contributed by atoms with Gasteiger partial charge in [-0.15, -0.1) is 5.10 Å². The van der Waals surface area contributed by atoms with Gasteiger partial charge in [0.2, 0.25) is 0 Å². The molecule has 0 atom stereocenters. The van der Waals surface area contributed by atoms with Crippen molar-refractivity contribution in [2.24, 2.45) is 0 Å². The molecule has 0 amide bonds. The Morgan fingerprint density at radius 2 is 1.84 bits per heavy atom. The fraction of sp³-hybridized carbons (Fsp3) is 0.292. The Labute approximate surface area is 179 Å². The van der Waals surface area contributed by atoms with Crippen LogP contribution in [-0.4, -0.2) is 27.2 Å². The summed E-state index contributed by atoms with van der Waals surface area (Å²) in [4.78, 5) is 12.2. The zero-order valence-electron chi connectivity index (χ0n) is 17.8. The normalized spacial score (nSPS) is 11.7. The fourth-order valence-electron chi connectivity index (χ4n) is 3.70. The van der Waals surface area contributed by atoms with Crippen molar-refractivity contribution in [3.05, 3.63) is 76.4 Å². The highest BCUT2D eigenvalue weighted by molar-refractivity contribution is 5.93. The van der Waals surface area contributed by atoms with E-state index >= 15 is 0 Å². The molecule has 0 fully saturated rings. The molecule has 0 aliphatic heterocycles. The minimum absolute atomic E-state index is 0.408. The lowest BCUT2D eigenvalue weighted by atomic mass is 9.94. The van der Waals surface area contributed by atoms with Crippen molar-refractivity contribution in [3.63, 3.8) is 0 Å². The zero-order chi connectivity index (χ0) is 22.0. The minimum Gasteiger partial charge on any atom is -0.497 e. The molecule has 0 saturated heterocycles. The molecule has 2 aromatic heterocycles. The molecule has 4 rings (SSSR count). The van der Waals surface area contributed by atoms with Gasteiger partial charge < -0.3 is 14.3 Å². The monoisotopic (exact) mass is 419 g/mol. The molecular weight excluding hydrogens is 394 g/mol. The molecule has 31 heavy (non-hydrogen) atoms. The standard InChI is InChI=1S/C24H25N3O4/c1-4-24(29,5-2)22-15-27(26-25-22)14-16-6-11-19-20(13-23(28)31-21(19)12-16)17-7-9-18(30-3)10-8-17/h6-13,15,29H,4-5,14H2,1-3H3. The van der Waals surface area contributed by atoms with Crippen molar-refractivity contribution >= 4 is 11.0 Å². The molecule has 4 aromatic rings. The molecule has 0 aliphatic carbocycles. The maximum absolute atomic E-state index is 12.2. The lowest BCUT2D eigenvalue weighted by Gasteiger charge is -2.21. The molecule has 0 aliphatic rings. The van der Waals surface area contributed by atoms with Gasteiger partial charge in [-0.2, -0.15) is 0 Å². The molecule has 0 bridgehead atoms. The van der Waals surface area contributed by atoms with E-state index in [0.29, 0.717) is 30.7 Å². The van der Waals surface area contributed by atoms with Crippen LogP contribution in [0, 0.1) is 0 Å². The van der Waals surface area contributed by atoms with Gasteiger partial charge in [0.25, 0.3) is 0 Å². The third kappa shape index (κ3) is 4.09. The molecule has 7 heteroatoms. The first-order valence-electron chi connectivity index (χ1n) is 10.3. The van der Waals surface area contributed by atoms with Gasteiger partial charge in [-0.3, -0.25) is 0 Å². The maximum atomic E-state index is 12.2. The Balaban J connectivity index is 1.67. The number of rotatable bonds is 7. The van der Waals surface area contributed by atoms with E-state index in [9.17, 15) is 9.90 Å². The lowest BCUT2D eigenvalue weighted by Crippen LogP contribution is -2.23. The molecule has 0 spiro atoms. The van der Waals surface area contributed by atoms with E-state index in [4.69, 9.17) is 9.15 Å². The van der Waals surface area contributed by atoms with Crippen molar-refractivity contribution in [2.45, 2.75) is 38.8 Å². The first kappa shape index (κ1) is 20.8. The largest absolute Gasteiger partial charge is 0.497 e. The Kier molecular flexibility index (Phi) is 5.61. The van der Waals surface area contributed by atoms with E-state index in [2.05, 4.69) is 10.3 Å². The van der Waals surface area contributed by atoms with Gasteiger partial charge in [0.15, 0.2) is 0 Å². The van der Waals surface area contributed by atoms with Crippen molar-refractivity contribution in [1.82, 2.24) is 15.0 Å². The summed E-state index contributed by atoms with van der Waals surface area (Å²) < 4.78 is 12.4. The third-order valence-electron chi connectivity index (χ3n) is 5.74. The van der Waals surface area contributed by atoms with Crippen LogP contribution in [-0.2, 0) is 12.1 Å². The minimum atomic E-state index is -0.971. The topological polar surface area (TPSA) is 90.4 Å². The maximum Gasteiger partial charge on any atom is 0.336 e.